The highest BCUT2D eigenvalue weighted by Gasteiger charge is 2.08. The summed E-state index contributed by atoms with van der Waals surface area (Å²) in [6.07, 6.45) is 0.179. The lowest BCUT2D eigenvalue weighted by molar-refractivity contribution is -0.125. The molecule has 12 heavy (non-hydrogen) atoms. The van der Waals surface area contributed by atoms with E-state index in [9.17, 15) is 4.79 Å². The molecule has 0 aliphatic heterocycles. The van der Waals surface area contributed by atoms with Gasteiger partial charge in [0.05, 0.1) is 6.10 Å². The first-order valence-electron chi connectivity index (χ1n) is 4.02. The Morgan fingerprint density at radius 2 is 2.17 bits per heavy atom. The van der Waals surface area contributed by atoms with E-state index in [1.54, 1.807) is 6.92 Å². The Hall–Kier alpha value is -0.610. The molecule has 1 amide bonds. The van der Waals surface area contributed by atoms with Gasteiger partial charge in [0.15, 0.2) is 0 Å². The molecule has 0 aromatic carbocycles. The van der Waals surface area contributed by atoms with Crippen molar-refractivity contribution in [2.75, 3.05) is 13.7 Å². The molecule has 0 aromatic rings. The number of aliphatic hydroxyl groups excluding tert-OH is 1. The fourth-order valence-corrected chi connectivity index (χ4v) is 1.02. The summed E-state index contributed by atoms with van der Waals surface area (Å²) in [4.78, 5) is 10.9. The molecule has 4 nitrogen and oxygen atoms in total. The summed E-state index contributed by atoms with van der Waals surface area (Å²) in [6.45, 7) is 3.61. The minimum Gasteiger partial charge on any atom is -0.393 e. The highest BCUT2D eigenvalue weighted by molar-refractivity contribution is 5.77. The molecule has 0 aliphatic carbocycles. The second kappa shape index (κ2) is 5.97. The van der Waals surface area contributed by atoms with E-state index in [0.717, 1.165) is 0 Å². The molecule has 0 aliphatic rings. The van der Waals surface area contributed by atoms with Crippen molar-refractivity contribution >= 4 is 5.91 Å². The van der Waals surface area contributed by atoms with Gasteiger partial charge in [0, 0.05) is 13.2 Å². The SMILES string of the molecule is COCC(=O)NC(C)CC(C)O. The zero-order valence-electron chi connectivity index (χ0n) is 7.83. The molecule has 2 N–H and O–H groups in total. The number of hydrogen-bond donors (Lipinski definition) is 2. The molecule has 0 heterocycles. The highest BCUT2D eigenvalue weighted by Crippen LogP contribution is 1.95. The van der Waals surface area contributed by atoms with E-state index in [1.165, 1.54) is 7.11 Å². The van der Waals surface area contributed by atoms with Crippen molar-refractivity contribution in [2.24, 2.45) is 0 Å². The molecule has 0 bridgehead atoms. The van der Waals surface area contributed by atoms with Crippen LogP contribution in [0.2, 0.25) is 0 Å². The molecule has 0 fully saturated rings. The van der Waals surface area contributed by atoms with Crippen LogP contribution in [0.25, 0.3) is 0 Å². The fraction of sp³-hybridized carbons (Fsp3) is 0.875. The van der Waals surface area contributed by atoms with Gasteiger partial charge in [-0.1, -0.05) is 0 Å². The van der Waals surface area contributed by atoms with E-state index < -0.39 is 0 Å². The third-order valence-corrected chi connectivity index (χ3v) is 1.38. The lowest BCUT2D eigenvalue weighted by Gasteiger charge is -2.14. The predicted molar refractivity (Wildman–Crippen MR) is 45.8 cm³/mol. The molecule has 72 valence electrons. The number of hydrogen-bond acceptors (Lipinski definition) is 3. The lowest BCUT2D eigenvalue weighted by Crippen LogP contribution is -2.36. The van der Waals surface area contributed by atoms with E-state index in [-0.39, 0.29) is 24.7 Å². The standard InChI is InChI=1S/C8H17NO3/c1-6(4-7(2)10)9-8(11)5-12-3/h6-7,10H,4-5H2,1-3H3,(H,9,11). The van der Waals surface area contributed by atoms with Crippen LogP contribution < -0.4 is 5.32 Å². The summed E-state index contributed by atoms with van der Waals surface area (Å²) in [5, 5.41) is 11.7. The van der Waals surface area contributed by atoms with Crippen LogP contribution in [0.15, 0.2) is 0 Å². The Kier molecular flexibility index (Phi) is 5.66. The van der Waals surface area contributed by atoms with Crippen molar-refractivity contribution in [1.29, 1.82) is 0 Å². The van der Waals surface area contributed by atoms with Crippen LogP contribution in [-0.4, -0.2) is 36.9 Å². The minimum atomic E-state index is -0.386. The van der Waals surface area contributed by atoms with Crippen LogP contribution in [-0.2, 0) is 9.53 Å². The topological polar surface area (TPSA) is 58.6 Å². The first-order valence-corrected chi connectivity index (χ1v) is 4.02. The van der Waals surface area contributed by atoms with Crippen molar-refractivity contribution in [3.8, 4) is 0 Å². The number of amides is 1. The Morgan fingerprint density at radius 3 is 2.58 bits per heavy atom. The number of carbonyl (C=O) groups is 1. The van der Waals surface area contributed by atoms with E-state index in [2.05, 4.69) is 10.1 Å². The Balaban J connectivity index is 3.54. The fourth-order valence-electron chi connectivity index (χ4n) is 1.02. The number of methoxy groups -OCH3 is 1. The van der Waals surface area contributed by atoms with Gasteiger partial charge in [-0.3, -0.25) is 4.79 Å². The monoisotopic (exact) mass is 175 g/mol. The first kappa shape index (κ1) is 11.4. The Labute approximate surface area is 72.9 Å². The van der Waals surface area contributed by atoms with Gasteiger partial charge in [-0.2, -0.15) is 0 Å². The summed E-state index contributed by atoms with van der Waals surface area (Å²) in [6, 6.07) is -0.00681. The van der Waals surface area contributed by atoms with Crippen molar-refractivity contribution < 1.29 is 14.6 Å². The molecular weight excluding hydrogens is 158 g/mol. The van der Waals surface area contributed by atoms with Crippen molar-refractivity contribution in [2.45, 2.75) is 32.4 Å². The van der Waals surface area contributed by atoms with E-state index >= 15 is 0 Å². The van der Waals surface area contributed by atoms with Crippen molar-refractivity contribution in [3.05, 3.63) is 0 Å². The van der Waals surface area contributed by atoms with Gasteiger partial charge < -0.3 is 15.2 Å². The number of nitrogens with one attached hydrogen (secondary N) is 1. The van der Waals surface area contributed by atoms with Gasteiger partial charge in [-0.15, -0.1) is 0 Å². The summed E-state index contributed by atoms with van der Waals surface area (Å²) in [5.41, 5.74) is 0. The van der Waals surface area contributed by atoms with E-state index in [1.807, 2.05) is 6.92 Å². The normalized spacial score (nSPS) is 15.3. The van der Waals surface area contributed by atoms with Crippen molar-refractivity contribution in [1.82, 2.24) is 5.32 Å². The molecule has 0 radical (unpaired) electrons. The molecular formula is C8H17NO3. The van der Waals surface area contributed by atoms with Crippen LogP contribution >= 0.6 is 0 Å². The minimum absolute atomic E-state index is 0.00681. The van der Waals surface area contributed by atoms with E-state index in [4.69, 9.17) is 5.11 Å². The molecule has 0 saturated carbocycles. The summed E-state index contributed by atoms with van der Waals surface area (Å²) in [5.74, 6) is -0.148. The van der Waals surface area contributed by atoms with Crippen molar-refractivity contribution in [3.63, 3.8) is 0 Å². The van der Waals surface area contributed by atoms with Gasteiger partial charge >= 0.3 is 0 Å². The maximum atomic E-state index is 10.9. The summed E-state index contributed by atoms with van der Waals surface area (Å²) in [7, 11) is 1.47. The zero-order valence-corrected chi connectivity index (χ0v) is 7.83. The lowest BCUT2D eigenvalue weighted by atomic mass is 10.1. The first-order chi connectivity index (χ1) is 5.56. The third-order valence-electron chi connectivity index (χ3n) is 1.38. The van der Waals surface area contributed by atoms with Crippen LogP contribution in [0.3, 0.4) is 0 Å². The molecule has 0 aromatic heterocycles. The summed E-state index contributed by atoms with van der Waals surface area (Å²) < 4.78 is 4.63. The predicted octanol–water partition coefficient (Wildman–Crippen LogP) is -0.0916. The molecule has 0 saturated heterocycles. The number of rotatable bonds is 5. The van der Waals surface area contributed by atoms with Crippen LogP contribution in [0, 0.1) is 0 Å². The largest absolute Gasteiger partial charge is 0.393 e. The third kappa shape index (κ3) is 6.12. The second-order valence-corrected chi connectivity index (χ2v) is 2.99. The van der Waals surface area contributed by atoms with E-state index in [0.29, 0.717) is 6.42 Å². The number of aliphatic hydroxyl groups is 1. The summed E-state index contributed by atoms with van der Waals surface area (Å²) >= 11 is 0. The van der Waals surface area contributed by atoms with Gasteiger partial charge in [-0.05, 0) is 20.3 Å². The van der Waals surface area contributed by atoms with Gasteiger partial charge in [0.1, 0.15) is 6.61 Å². The van der Waals surface area contributed by atoms with Gasteiger partial charge in [-0.25, -0.2) is 0 Å². The molecule has 2 atom stereocenters. The molecule has 0 spiro atoms. The average molecular weight is 175 g/mol. The highest BCUT2D eigenvalue weighted by atomic mass is 16.5. The second-order valence-electron chi connectivity index (χ2n) is 2.99. The average Bonchev–Trinajstić information content (AvgIpc) is 1.84. The van der Waals surface area contributed by atoms with Gasteiger partial charge in [0.25, 0.3) is 0 Å². The molecule has 2 unspecified atom stereocenters. The number of ether oxygens (including phenoxy) is 1. The number of carbonyl (C=O) groups excluding carboxylic acids is 1. The maximum Gasteiger partial charge on any atom is 0.246 e. The quantitative estimate of drug-likeness (QED) is 0.614. The Bertz CT molecular complexity index is 136. The Morgan fingerprint density at radius 1 is 1.58 bits per heavy atom. The van der Waals surface area contributed by atoms with Crippen LogP contribution in [0.1, 0.15) is 20.3 Å². The van der Waals surface area contributed by atoms with Crippen LogP contribution in [0.4, 0.5) is 0 Å². The molecule has 0 rings (SSSR count). The van der Waals surface area contributed by atoms with Crippen LogP contribution in [0.5, 0.6) is 0 Å². The molecule has 4 heteroatoms. The van der Waals surface area contributed by atoms with Gasteiger partial charge in [0.2, 0.25) is 5.91 Å². The smallest absolute Gasteiger partial charge is 0.246 e. The maximum absolute atomic E-state index is 10.9. The zero-order chi connectivity index (χ0) is 9.56.